The Bertz CT molecular complexity index is 792. The molecule has 1 aliphatic heterocycles. The van der Waals surface area contributed by atoms with Gasteiger partial charge in [-0.25, -0.2) is 4.39 Å². The van der Waals surface area contributed by atoms with Gasteiger partial charge in [0.05, 0.1) is 11.5 Å². The molecule has 3 N–H and O–H groups in total. The van der Waals surface area contributed by atoms with Gasteiger partial charge in [-0.1, -0.05) is 24.3 Å². The highest BCUT2D eigenvalue weighted by Gasteiger charge is 2.23. The Labute approximate surface area is 152 Å². The maximum atomic E-state index is 13.7. The summed E-state index contributed by atoms with van der Waals surface area (Å²) in [4.78, 5) is 25.7. The van der Waals surface area contributed by atoms with Crippen LogP contribution in [0, 0.1) is 11.7 Å². The highest BCUT2D eigenvalue weighted by Crippen LogP contribution is 2.19. The van der Waals surface area contributed by atoms with E-state index in [-0.39, 0.29) is 17.4 Å². The summed E-state index contributed by atoms with van der Waals surface area (Å²) in [7, 11) is 0. The number of benzene rings is 2. The third-order valence-corrected chi connectivity index (χ3v) is 4.64. The average molecular weight is 355 g/mol. The Morgan fingerprint density at radius 2 is 1.88 bits per heavy atom. The number of halogens is 1. The number of anilines is 1. The summed E-state index contributed by atoms with van der Waals surface area (Å²) in [5, 5.41) is 2.70. The van der Waals surface area contributed by atoms with Gasteiger partial charge in [0.1, 0.15) is 5.82 Å². The van der Waals surface area contributed by atoms with Crippen molar-refractivity contribution in [2.24, 2.45) is 11.7 Å². The molecule has 3 rings (SSSR count). The summed E-state index contributed by atoms with van der Waals surface area (Å²) in [6.45, 7) is 2.35. The third-order valence-electron chi connectivity index (χ3n) is 4.64. The molecule has 0 saturated carbocycles. The molecule has 0 radical (unpaired) electrons. The normalized spacial score (nSPS) is 17.7. The second-order valence-electron chi connectivity index (χ2n) is 6.61. The second-order valence-corrected chi connectivity index (χ2v) is 6.61. The van der Waals surface area contributed by atoms with Crippen LogP contribution >= 0.6 is 0 Å². The van der Waals surface area contributed by atoms with Crippen LogP contribution in [0.1, 0.15) is 28.8 Å². The number of hydrogen-bond acceptors (Lipinski definition) is 3. The predicted molar refractivity (Wildman–Crippen MR) is 98.0 cm³/mol. The fourth-order valence-electron chi connectivity index (χ4n) is 3.23. The zero-order valence-electron chi connectivity index (χ0n) is 14.5. The molecule has 2 amide bonds. The first-order valence-electron chi connectivity index (χ1n) is 8.69. The number of piperidine rings is 1. The van der Waals surface area contributed by atoms with Crippen LogP contribution in [0.25, 0.3) is 0 Å². The zero-order valence-corrected chi connectivity index (χ0v) is 14.5. The van der Waals surface area contributed by atoms with Gasteiger partial charge in [0.25, 0.3) is 5.91 Å². The minimum absolute atomic E-state index is 0.0161. The number of carbonyl (C=O) groups excluding carboxylic acids is 2. The molecular weight excluding hydrogens is 333 g/mol. The maximum absolute atomic E-state index is 13.7. The molecule has 0 aromatic heterocycles. The maximum Gasteiger partial charge on any atom is 0.258 e. The monoisotopic (exact) mass is 355 g/mol. The molecule has 1 unspecified atom stereocenters. The van der Waals surface area contributed by atoms with Crippen molar-refractivity contribution in [3.8, 4) is 0 Å². The topological polar surface area (TPSA) is 75.4 Å². The standard InChI is InChI=1S/C20H22FN3O2/c21-18-6-2-1-5-17(18)20(26)23-16-9-7-14(8-10-16)12-24-11-3-4-15(13-24)19(22)25/h1-2,5-10,15H,3-4,11-13H2,(H2,22,25)(H,23,26). The summed E-state index contributed by atoms with van der Waals surface area (Å²) in [5.74, 6) is -1.34. The largest absolute Gasteiger partial charge is 0.369 e. The molecule has 2 aromatic rings. The van der Waals surface area contributed by atoms with E-state index in [1.165, 1.54) is 12.1 Å². The number of carbonyl (C=O) groups is 2. The van der Waals surface area contributed by atoms with Crippen molar-refractivity contribution >= 4 is 17.5 Å². The van der Waals surface area contributed by atoms with Crippen LogP contribution in [0.5, 0.6) is 0 Å². The molecule has 136 valence electrons. The number of nitrogens with two attached hydrogens (primary N) is 1. The van der Waals surface area contributed by atoms with Crippen molar-refractivity contribution < 1.29 is 14.0 Å². The third kappa shape index (κ3) is 4.46. The van der Waals surface area contributed by atoms with Crippen LogP contribution in [-0.2, 0) is 11.3 Å². The summed E-state index contributed by atoms with van der Waals surface area (Å²) in [5.41, 5.74) is 7.12. The lowest BCUT2D eigenvalue weighted by molar-refractivity contribution is -0.123. The summed E-state index contributed by atoms with van der Waals surface area (Å²) < 4.78 is 13.7. The lowest BCUT2D eigenvalue weighted by atomic mass is 9.97. The first-order chi connectivity index (χ1) is 12.5. The van der Waals surface area contributed by atoms with E-state index in [0.29, 0.717) is 12.2 Å². The molecule has 26 heavy (non-hydrogen) atoms. The first-order valence-corrected chi connectivity index (χ1v) is 8.69. The molecule has 1 aliphatic rings. The van der Waals surface area contributed by atoms with Crippen LogP contribution in [0.3, 0.4) is 0 Å². The van der Waals surface area contributed by atoms with E-state index in [0.717, 1.165) is 31.5 Å². The van der Waals surface area contributed by atoms with Crippen LogP contribution in [0.15, 0.2) is 48.5 Å². The zero-order chi connectivity index (χ0) is 18.5. The van der Waals surface area contributed by atoms with E-state index in [9.17, 15) is 14.0 Å². The van der Waals surface area contributed by atoms with E-state index in [2.05, 4.69) is 10.2 Å². The molecule has 0 spiro atoms. The van der Waals surface area contributed by atoms with Crippen LogP contribution in [0.4, 0.5) is 10.1 Å². The van der Waals surface area contributed by atoms with Crippen molar-refractivity contribution in [3.63, 3.8) is 0 Å². The van der Waals surface area contributed by atoms with Gasteiger partial charge in [-0.3, -0.25) is 14.5 Å². The number of primary amides is 1. The lowest BCUT2D eigenvalue weighted by Crippen LogP contribution is -2.40. The van der Waals surface area contributed by atoms with Crippen LogP contribution < -0.4 is 11.1 Å². The summed E-state index contributed by atoms with van der Waals surface area (Å²) in [6.07, 6.45) is 1.82. The quantitative estimate of drug-likeness (QED) is 0.866. The SMILES string of the molecule is NC(=O)C1CCCN(Cc2ccc(NC(=O)c3ccccc3F)cc2)C1. The summed E-state index contributed by atoms with van der Waals surface area (Å²) >= 11 is 0. The average Bonchev–Trinajstić information content (AvgIpc) is 2.64. The highest BCUT2D eigenvalue weighted by molar-refractivity contribution is 6.04. The van der Waals surface area contributed by atoms with E-state index < -0.39 is 11.7 Å². The van der Waals surface area contributed by atoms with E-state index in [1.807, 2.05) is 12.1 Å². The molecule has 0 bridgehead atoms. The van der Waals surface area contributed by atoms with Crippen molar-refractivity contribution in [1.82, 2.24) is 4.90 Å². The lowest BCUT2D eigenvalue weighted by Gasteiger charge is -2.31. The molecule has 1 fully saturated rings. The van der Waals surface area contributed by atoms with Crippen LogP contribution in [0.2, 0.25) is 0 Å². The molecule has 1 saturated heterocycles. The molecule has 6 heteroatoms. The fourth-order valence-corrected chi connectivity index (χ4v) is 3.23. The van der Waals surface area contributed by atoms with E-state index in [4.69, 9.17) is 5.73 Å². The van der Waals surface area contributed by atoms with Gasteiger partial charge in [0, 0.05) is 18.8 Å². The molecule has 5 nitrogen and oxygen atoms in total. The van der Waals surface area contributed by atoms with Gasteiger partial charge >= 0.3 is 0 Å². The van der Waals surface area contributed by atoms with Crippen LogP contribution in [-0.4, -0.2) is 29.8 Å². The van der Waals surface area contributed by atoms with Gasteiger partial charge in [-0.05, 0) is 49.2 Å². The Balaban J connectivity index is 1.59. The Morgan fingerprint density at radius 3 is 2.58 bits per heavy atom. The number of rotatable bonds is 5. The molecule has 0 aliphatic carbocycles. The van der Waals surface area contributed by atoms with Crippen molar-refractivity contribution in [3.05, 3.63) is 65.5 Å². The van der Waals surface area contributed by atoms with Gasteiger partial charge in [0.15, 0.2) is 0 Å². The minimum atomic E-state index is -0.546. The fraction of sp³-hybridized carbons (Fsp3) is 0.300. The number of amides is 2. The predicted octanol–water partition coefficient (Wildman–Crippen LogP) is 2.78. The molecular formula is C20H22FN3O2. The number of nitrogens with one attached hydrogen (secondary N) is 1. The smallest absolute Gasteiger partial charge is 0.258 e. The van der Waals surface area contributed by atoms with Crippen molar-refractivity contribution in [1.29, 1.82) is 0 Å². The minimum Gasteiger partial charge on any atom is -0.369 e. The number of likely N-dealkylation sites (tertiary alicyclic amines) is 1. The van der Waals surface area contributed by atoms with Gasteiger partial charge in [0.2, 0.25) is 5.91 Å². The molecule has 2 aromatic carbocycles. The molecule has 1 atom stereocenters. The van der Waals surface area contributed by atoms with Gasteiger partial charge in [-0.15, -0.1) is 0 Å². The van der Waals surface area contributed by atoms with Gasteiger partial charge in [-0.2, -0.15) is 0 Å². The van der Waals surface area contributed by atoms with Crippen molar-refractivity contribution in [2.75, 3.05) is 18.4 Å². The first kappa shape index (κ1) is 18.1. The second kappa shape index (κ2) is 8.10. The summed E-state index contributed by atoms with van der Waals surface area (Å²) in [6, 6.07) is 13.3. The number of nitrogens with zero attached hydrogens (tertiary/aromatic N) is 1. The number of hydrogen-bond donors (Lipinski definition) is 2. The van der Waals surface area contributed by atoms with E-state index in [1.54, 1.807) is 24.3 Å². The molecule has 1 heterocycles. The Hall–Kier alpha value is -2.73. The Kier molecular flexibility index (Phi) is 5.63. The Morgan fingerprint density at radius 1 is 1.15 bits per heavy atom. The van der Waals surface area contributed by atoms with Gasteiger partial charge < -0.3 is 11.1 Å². The van der Waals surface area contributed by atoms with E-state index >= 15 is 0 Å². The van der Waals surface area contributed by atoms with Crippen molar-refractivity contribution in [2.45, 2.75) is 19.4 Å². The highest BCUT2D eigenvalue weighted by atomic mass is 19.1.